The zero-order valence-corrected chi connectivity index (χ0v) is 6.07. The molecule has 4 heteroatoms. The summed E-state index contributed by atoms with van der Waals surface area (Å²) in [6.45, 7) is 0. The van der Waals surface area contributed by atoms with E-state index in [0.717, 1.165) is 11.0 Å². The molecule has 0 aliphatic heterocycles. The summed E-state index contributed by atoms with van der Waals surface area (Å²) < 4.78 is 1.85. The molecule has 0 fully saturated rings. The standard InChI is InChI=1S/C7H7N4/c1-11-3-2-5-6(8)9-4-10-7(5)11/h3-4H,1H3,(H2,8,9,10). The van der Waals surface area contributed by atoms with Crippen molar-refractivity contribution in [1.82, 2.24) is 14.5 Å². The summed E-state index contributed by atoms with van der Waals surface area (Å²) in [6, 6.07) is 2.97. The van der Waals surface area contributed by atoms with Crippen LogP contribution in [-0.2, 0) is 7.05 Å². The van der Waals surface area contributed by atoms with Gasteiger partial charge in [0.2, 0.25) is 0 Å². The second-order valence-corrected chi connectivity index (χ2v) is 2.34. The van der Waals surface area contributed by atoms with Crippen molar-refractivity contribution in [2.24, 2.45) is 7.05 Å². The van der Waals surface area contributed by atoms with Crippen LogP contribution >= 0.6 is 0 Å². The SMILES string of the molecule is Cn1c[c]c2c(N)ncnc21. The van der Waals surface area contributed by atoms with E-state index < -0.39 is 0 Å². The lowest BCUT2D eigenvalue weighted by molar-refractivity contribution is 0.943. The summed E-state index contributed by atoms with van der Waals surface area (Å²) in [7, 11) is 1.89. The summed E-state index contributed by atoms with van der Waals surface area (Å²) in [6.07, 6.45) is 3.24. The number of hydrogen-bond acceptors (Lipinski definition) is 3. The molecular weight excluding hydrogens is 140 g/mol. The molecule has 2 heterocycles. The monoisotopic (exact) mass is 147 g/mol. The molecule has 0 aromatic carbocycles. The lowest BCUT2D eigenvalue weighted by Crippen LogP contribution is -1.93. The third kappa shape index (κ3) is 0.756. The van der Waals surface area contributed by atoms with Gasteiger partial charge in [0.1, 0.15) is 17.8 Å². The predicted octanol–water partition coefficient (Wildman–Crippen LogP) is 0.351. The van der Waals surface area contributed by atoms with Crippen LogP contribution in [0.15, 0.2) is 12.5 Å². The maximum absolute atomic E-state index is 5.57. The van der Waals surface area contributed by atoms with Crippen LogP contribution in [-0.4, -0.2) is 14.5 Å². The molecule has 0 amide bonds. The van der Waals surface area contributed by atoms with Crippen molar-refractivity contribution < 1.29 is 0 Å². The van der Waals surface area contributed by atoms with E-state index in [1.807, 2.05) is 11.6 Å². The number of hydrogen-bond donors (Lipinski definition) is 1. The molecule has 55 valence electrons. The van der Waals surface area contributed by atoms with Crippen molar-refractivity contribution in [1.29, 1.82) is 0 Å². The average molecular weight is 147 g/mol. The van der Waals surface area contributed by atoms with E-state index in [9.17, 15) is 0 Å². The molecule has 2 aromatic heterocycles. The molecule has 1 radical (unpaired) electrons. The first-order valence-electron chi connectivity index (χ1n) is 3.22. The van der Waals surface area contributed by atoms with Gasteiger partial charge in [-0.2, -0.15) is 0 Å². The van der Waals surface area contributed by atoms with Gasteiger partial charge in [-0.3, -0.25) is 0 Å². The number of nitrogens with zero attached hydrogens (tertiary/aromatic N) is 3. The summed E-state index contributed by atoms with van der Waals surface area (Å²) in [5.41, 5.74) is 6.39. The van der Waals surface area contributed by atoms with Crippen molar-refractivity contribution in [3.63, 3.8) is 0 Å². The molecular formula is C7H7N4. The van der Waals surface area contributed by atoms with Crippen LogP contribution in [0.4, 0.5) is 5.82 Å². The van der Waals surface area contributed by atoms with Gasteiger partial charge in [0.05, 0.1) is 5.39 Å². The highest BCUT2D eigenvalue weighted by atomic mass is 15.0. The van der Waals surface area contributed by atoms with E-state index >= 15 is 0 Å². The maximum Gasteiger partial charge on any atom is 0.145 e. The second kappa shape index (κ2) is 1.95. The van der Waals surface area contributed by atoms with E-state index in [4.69, 9.17) is 5.73 Å². The van der Waals surface area contributed by atoms with Crippen molar-refractivity contribution in [3.05, 3.63) is 18.6 Å². The Kier molecular flexibility index (Phi) is 1.09. The van der Waals surface area contributed by atoms with Crippen molar-refractivity contribution in [2.45, 2.75) is 0 Å². The number of aromatic nitrogens is 3. The third-order valence-electron chi connectivity index (χ3n) is 1.59. The Morgan fingerprint density at radius 3 is 3.09 bits per heavy atom. The summed E-state index contributed by atoms with van der Waals surface area (Å²) in [4.78, 5) is 7.88. The van der Waals surface area contributed by atoms with E-state index in [0.29, 0.717) is 5.82 Å². The molecule has 2 N–H and O–H groups in total. The molecule has 4 nitrogen and oxygen atoms in total. The maximum atomic E-state index is 5.57. The summed E-state index contributed by atoms with van der Waals surface area (Å²) in [5.74, 6) is 0.482. The minimum Gasteiger partial charge on any atom is -0.383 e. The average Bonchev–Trinajstić information content (AvgIpc) is 2.35. The number of nitrogens with two attached hydrogens (primary N) is 1. The quantitative estimate of drug-likeness (QED) is 0.585. The Morgan fingerprint density at radius 1 is 1.55 bits per heavy atom. The topological polar surface area (TPSA) is 56.7 Å². The highest BCUT2D eigenvalue weighted by Gasteiger charge is 2.01. The summed E-state index contributed by atoms with van der Waals surface area (Å²) >= 11 is 0. The van der Waals surface area contributed by atoms with Gasteiger partial charge in [-0.25, -0.2) is 9.97 Å². The Bertz CT molecular complexity index is 390. The van der Waals surface area contributed by atoms with E-state index in [2.05, 4.69) is 16.0 Å². The van der Waals surface area contributed by atoms with Crippen LogP contribution in [0, 0.1) is 6.07 Å². The molecule has 0 unspecified atom stereocenters. The highest BCUT2D eigenvalue weighted by molar-refractivity contribution is 5.85. The first kappa shape index (κ1) is 6.15. The first-order chi connectivity index (χ1) is 5.29. The molecule has 2 rings (SSSR count). The fourth-order valence-corrected chi connectivity index (χ4v) is 1.02. The van der Waals surface area contributed by atoms with Crippen LogP contribution < -0.4 is 5.73 Å². The Balaban J connectivity index is 2.94. The predicted molar refractivity (Wildman–Crippen MR) is 41.8 cm³/mol. The van der Waals surface area contributed by atoms with E-state index in [1.165, 1.54) is 6.33 Å². The fraction of sp³-hybridized carbons (Fsp3) is 0.143. The van der Waals surface area contributed by atoms with Crippen molar-refractivity contribution in [2.75, 3.05) is 5.73 Å². The zero-order chi connectivity index (χ0) is 7.84. The third-order valence-corrected chi connectivity index (χ3v) is 1.59. The van der Waals surface area contributed by atoms with Gasteiger partial charge in [0.15, 0.2) is 0 Å². The van der Waals surface area contributed by atoms with Crippen LogP contribution in [0.5, 0.6) is 0 Å². The van der Waals surface area contributed by atoms with Crippen LogP contribution in [0.3, 0.4) is 0 Å². The minimum atomic E-state index is 0.482. The van der Waals surface area contributed by atoms with Crippen LogP contribution in [0.1, 0.15) is 0 Å². The lowest BCUT2D eigenvalue weighted by atomic mass is 10.4. The van der Waals surface area contributed by atoms with E-state index in [1.54, 1.807) is 6.20 Å². The Labute approximate surface area is 63.7 Å². The van der Waals surface area contributed by atoms with Gasteiger partial charge < -0.3 is 10.3 Å². The largest absolute Gasteiger partial charge is 0.383 e. The molecule has 0 aliphatic rings. The molecule has 0 saturated heterocycles. The zero-order valence-electron chi connectivity index (χ0n) is 6.07. The van der Waals surface area contributed by atoms with Gasteiger partial charge in [0, 0.05) is 19.3 Å². The molecule has 0 atom stereocenters. The molecule has 0 aliphatic carbocycles. The lowest BCUT2D eigenvalue weighted by Gasteiger charge is -1.94. The molecule has 0 spiro atoms. The van der Waals surface area contributed by atoms with E-state index in [-0.39, 0.29) is 0 Å². The van der Waals surface area contributed by atoms with Gasteiger partial charge in [-0.05, 0) is 0 Å². The Hall–Kier alpha value is -1.58. The van der Waals surface area contributed by atoms with Gasteiger partial charge in [-0.15, -0.1) is 0 Å². The molecule has 2 aromatic rings. The van der Waals surface area contributed by atoms with Gasteiger partial charge in [0.25, 0.3) is 0 Å². The molecule has 11 heavy (non-hydrogen) atoms. The number of anilines is 1. The van der Waals surface area contributed by atoms with Crippen molar-refractivity contribution in [3.8, 4) is 0 Å². The van der Waals surface area contributed by atoms with Crippen molar-refractivity contribution >= 4 is 16.9 Å². The molecule has 0 bridgehead atoms. The highest BCUT2D eigenvalue weighted by Crippen LogP contribution is 2.14. The fourth-order valence-electron chi connectivity index (χ4n) is 1.02. The first-order valence-corrected chi connectivity index (χ1v) is 3.22. The number of aryl methyl sites for hydroxylation is 1. The Morgan fingerprint density at radius 2 is 2.36 bits per heavy atom. The number of rotatable bonds is 0. The normalized spacial score (nSPS) is 10.6. The van der Waals surface area contributed by atoms with Crippen LogP contribution in [0.25, 0.3) is 11.0 Å². The number of nitrogen functional groups attached to an aromatic ring is 1. The summed E-state index contributed by atoms with van der Waals surface area (Å²) in [5, 5.41) is 0.787. The van der Waals surface area contributed by atoms with Gasteiger partial charge >= 0.3 is 0 Å². The molecule has 0 saturated carbocycles. The minimum absolute atomic E-state index is 0.482. The van der Waals surface area contributed by atoms with Gasteiger partial charge in [-0.1, -0.05) is 0 Å². The number of fused-ring (bicyclic) bond motifs is 1. The van der Waals surface area contributed by atoms with Crippen LogP contribution in [0.2, 0.25) is 0 Å². The smallest absolute Gasteiger partial charge is 0.145 e. The second-order valence-electron chi connectivity index (χ2n) is 2.34.